The van der Waals surface area contributed by atoms with Gasteiger partial charge in [-0.15, -0.1) is 12.4 Å². The van der Waals surface area contributed by atoms with Crippen LogP contribution in [0.15, 0.2) is 24.3 Å². The molecule has 0 spiro atoms. The predicted octanol–water partition coefficient (Wildman–Crippen LogP) is 1.49. The van der Waals surface area contributed by atoms with Gasteiger partial charge in [0.15, 0.2) is 0 Å². The normalized spacial score (nSPS) is 15.6. The van der Waals surface area contributed by atoms with Crippen LogP contribution in [0.4, 0.5) is 0 Å². The molecule has 5 nitrogen and oxygen atoms in total. The molecule has 1 aliphatic rings. The minimum absolute atomic E-state index is 0. The first-order valence-electron chi connectivity index (χ1n) is 8.28. The van der Waals surface area contributed by atoms with E-state index in [0.29, 0.717) is 39.1 Å². The highest BCUT2D eigenvalue weighted by atomic mass is 35.5. The zero-order chi connectivity index (χ0) is 16.8. The van der Waals surface area contributed by atoms with Crippen LogP contribution in [0.2, 0.25) is 0 Å². The third-order valence-electron chi connectivity index (χ3n) is 4.48. The largest absolute Gasteiger partial charge is 0.339 e. The molecule has 1 unspecified atom stereocenters. The van der Waals surface area contributed by atoms with Crippen LogP contribution < -0.4 is 5.32 Å². The molecule has 0 saturated carbocycles. The van der Waals surface area contributed by atoms with E-state index in [1.54, 1.807) is 0 Å². The lowest BCUT2D eigenvalue weighted by Crippen LogP contribution is -2.52. The fourth-order valence-corrected chi connectivity index (χ4v) is 2.96. The number of rotatable bonds is 5. The first kappa shape index (κ1) is 20.5. The van der Waals surface area contributed by atoms with Gasteiger partial charge in [-0.05, 0) is 25.1 Å². The molecule has 2 rings (SSSR count). The molecule has 1 fully saturated rings. The number of halogens is 1. The van der Waals surface area contributed by atoms with Gasteiger partial charge in [0.25, 0.3) is 0 Å². The molecule has 0 bridgehead atoms. The maximum Gasteiger partial charge on any atom is 0.227 e. The fourth-order valence-electron chi connectivity index (χ4n) is 2.96. The van der Waals surface area contributed by atoms with E-state index in [0.717, 1.165) is 11.1 Å². The molecule has 1 saturated heterocycles. The molecule has 0 aromatic heterocycles. The molecule has 134 valence electrons. The van der Waals surface area contributed by atoms with Crippen molar-refractivity contribution in [2.24, 2.45) is 5.92 Å². The molecule has 1 heterocycles. The summed E-state index contributed by atoms with van der Waals surface area (Å²) in [6.45, 7) is 7.17. The van der Waals surface area contributed by atoms with Crippen molar-refractivity contribution in [1.82, 2.24) is 15.1 Å². The van der Waals surface area contributed by atoms with Crippen LogP contribution in [0.25, 0.3) is 0 Å². The molecule has 0 aliphatic carbocycles. The van der Waals surface area contributed by atoms with Gasteiger partial charge in [0.1, 0.15) is 0 Å². The number of carbonyl (C=O) groups excluding carboxylic acids is 2. The smallest absolute Gasteiger partial charge is 0.227 e. The highest BCUT2D eigenvalue weighted by Gasteiger charge is 2.26. The standard InChI is InChI=1S/C18H27N3O2.ClH/c1-14-6-4-5-7-16(14)12-17(22)20-8-10-21(11-9-20)18(23)15(2)13-19-3;/h4-7,15,19H,8-13H2,1-3H3;1H. The maximum absolute atomic E-state index is 12.4. The van der Waals surface area contributed by atoms with E-state index in [1.807, 2.05) is 55.0 Å². The van der Waals surface area contributed by atoms with Crippen molar-refractivity contribution in [3.63, 3.8) is 0 Å². The zero-order valence-electron chi connectivity index (χ0n) is 14.7. The number of hydrogen-bond acceptors (Lipinski definition) is 3. The van der Waals surface area contributed by atoms with E-state index in [4.69, 9.17) is 0 Å². The number of hydrogen-bond donors (Lipinski definition) is 1. The summed E-state index contributed by atoms with van der Waals surface area (Å²) in [6, 6.07) is 7.99. The van der Waals surface area contributed by atoms with Gasteiger partial charge in [0.2, 0.25) is 11.8 Å². The Labute approximate surface area is 150 Å². The van der Waals surface area contributed by atoms with Crippen molar-refractivity contribution in [3.8, 4) is 0 Å². The molecule has 1 N–H and O–H groups in total. The van der Waals surface area contributed by atoms with Gasteiger partial charge < -0.3 is 15.1 Å². The first-order chi connectivity index (χ1) is 11.0. The van der Waals surface area contributed by atoms with Crippen molar-refractivity contribution in [1.29, 1.82) is 0 Å². The molecule has 1 atom stereocenters. The lowest BCUT2D eigenvalue weighted by atomic mass is 10.0. The SMILES string of the molecule is CNCC(C)C(=O)N1CCN(C(=O)Cc2ccccc2C)CC1.Cl. The molecule has 1 aromatic carbocycles. The molecule has 0 radical (unpaired) electrons. The number of amides is 2. The average molecular weight is 354 g/mol. The summed E-state index contributed by atoms with van der Waals surface area (Å²) < 4.78 is 0. The Balaban J connectivity index is 0.00000288. The van der Waals surface area contributed by atoms with Crippen LogP contribution in [-0.4, -0.2) is 61.4 Å². The van der Waals surface area contributed by atoms with Gasteiger partial charge >= 0.3 is 0 Å². The van der Waals surface area contributed by atoms with Crippen molar-refractivity contribution in [2.45, 2.75) is 20.3 Å². The molecule has 1 aromatic rings. The third-order valence-corrected chi connectivity index (χ3v) is 4.48. The van der Waals surface area contributed by atoms with Crippen LogP contribution in [-0.2, 0) is 16.0 Å². The van der Waals surface area contributed by atoms with E-state index in [9.17, 15) is 9.59 Å². The first-order valence-corrected chi connectivity index (χ1v) is 8.28. The average Bonchev–Trinajstić information content (AvgIpc) is 2.56. The topological polar surface area (TPSA) is 52.7 Å². The third kappa shape index (κ3) is 5.21. The maximum atomic E-state index is 12.4. The number of piperazine rings is 1. The summed E-state index contributed by atoms with van der Waals surface area (Å²) in [5, 5.41) is 3.04. The second-order valence-electron chi connectivity index (χ2n) is 6.27. The van der Waals surface area contributed by atoms with Gasteiger partial charge in [0.05, 0.1) is 6.42 Å². The number of nitrogens with one attached hydrogen (secondary N) is 1. The van der Waals surface area contributed by atoms with Crippen molar-refractivity contribution >= 4 is 24.2 Å². The molecule has 2 amide bonds. The fraction of sp³-hybridized carbons (Fsp3) is 0.556. The monoisotopic (exact) mass is 353 g/mol. The number of benzene rings is 1. The molecule has 1 aliphatic heterocycles. The van der Waals surface area contributed by atoms with Crippen LogP contribution in [0.5, 0.6) is 0 Å². The Morgan fingerprint density at radius 2 is 1.71 bits per heavy atom. The summed E-state index contributed by atoms with van der Waals surface area (Å²) in [4.78, 5) is 28.5. The minimum atomic E-state index is -0.0192. The zero-order valence-corrected chi connectivity index (χ0v) is 15.6. The van der Waals surface area contributed by atoms with E-state index in [-0.39, 0.29) is 30.1 Å². The van der Waals surface area contributed by atoms with Crippen LogP contribution in [0, 0.1) is 12.8 Å². The second-order valence-corrected chi connectivity index (χ2v) is 6.27. The quantitative estimate of drug-likeness (QED) is 0.872. The van der Waals surface area contributed by atoms with E-state index in [1.165, 1.54) is 0 Å². The summed E-state index contributed by atoms with van der Waals surface area (Å²) >= 11 is 0. The lowest BCUT2D eigenvalue weighted by molar-refractivity contribution is -0.141. The van der Waals surface area contributed by atoms with Crippen LogP contribution >= 0.6 is 12.4 Å². The molecule has 6 heteroatoms. The summed E-state index contributed by atoms with van der Waals surface area (Å²) in [5.74, 6) is 0.300. The Bertz CT molecular complexity index is 557. The highest BCUT2D eigenvalue weighted by molar-refractivity contribution is 5.85. The summed E-state index contributed by atoms with van der Waals surface area (Å²) in [7, 11) is 1.85. The number of nitrogens with zero attached hydrogens (tertiary/aromatic N) is 2. The van der Waals surface area contributed by atoms with Crippen LogP contribution in [0.3, 0.4) is 0 Å². The summed E-state index contributed by atoms with van der Waals surface area (Å²) in [6.07, 6.45) is 0.441. The Morgan fingerprint density at radius 1 is 1.12 bits per heavy atom. The van der Waals surface area contributed by atoms with E-state index < -0.39 is 0 Å². The lowest BCUT2D eigenvalue weighted by Gasteiger charge is -2.36. The van der Waals surface area contributed by atoms with E-state index in [2.05, 4.69) is 5.32 Å². The molecular formula is C18H28ClN3O2. The highest BCUT2D eigenvalue weighted by Crippen LogP contribution is 2.12. The number of carbonyl (C=O) groups is 2. The van der Waals surface area contributed by atoms with Gasteiger partial charge in [-0.3, -0.25) is 9.59 Å². The second kappa shape index (κ2) is 9.64. The van der Waals surface area contributed by atoms with E-state index >= 15 is 0 Å². The van der Waals surface area contributed by atoms with Crippen molar-refractivity contribution in [3.05, 3.63) is 35.4 Å². The van der Waals surface area contributed by atoms with Gasteiger partial charge in [-0.2, -0.15) is 0 Å². The van der Waals surface area contributed by atoms with Crippen molar-refractivity contribution in [2.75, 3.05) is 39.8 Å². The Kier molecular flexibility index (Phi) is 8.22. The number of aryl methyl sites for hydroxylation is 1. The Hall–Kier alpha value is -1.59. The van der Waals surface area contributed by atoms with Crippen molar-refractivity contribution < 1.29 is 9.59 Å². The van der Waals surface area contributed by atoms with Gasteiger partial charge in [-0.25, -0.2) is 0 Å². The van der Waals surface area contributed by atoms with Gasteiger partial charge in [-0.1, -0.05) is 31.2 Å². The van der Waals surface area contributed by atoms with Gasteiger partial charge in [0, 0.05) is 38.6 Å². The molecular weight excluding hydrogens is 326 g/mol. The summed E-state index contributed by atoms with van der Waals surface area (Å²) in [5.41, 5.74) is 2.23. The predicted molar refractivity (Wildman–Crippen MR) is 98.4 cm³/mol. The van der Waals surface area contributed by atoms with Crippen LogP contribution in [0.1, 0.15) is 18.1 Å². The minimum Gasteiger partial charge on any atom is -0.339 e. The Morgan fingerprint density at radius 3 is 2.29 bits per heavy atom. The molecule has 24 heavy (non-hydrogen) atoms.